The van der Waals surface area contributed by atoms with E-state index in [1.165, 1.54) is 4.68 Å². The highest BCUT2D eigenvalue weighted by Gasteiger charge is 2.11. The molecule has 0 aliphatic carbocycles. The molecule has 7 heteroatoms. The van der Waals surface area contributed by atoms with Crippen LogP contribution in [0.25, 0.3) is 11.5 Å². The minimum absolute atomic E-state index is 0.0240. The normalized spacial score (nSPS) is 10.4. The summed E-state index contributed by atoms with van der Waals surface area (Å²) in [5, 5.41) is 19.8. The minimum atomic E-state index is -0.886. The Morgan fingerprint density at radius 3 is 3.00 bits per heavy atom. The van der Waals surface area contributed by atoms with Crippen LogP contribution in [-0.4, -0.2) is 36.3 Å². The number of carboxylic acid groups (broad SMARTS) is 1. The maximum atomic E-state index is 10.5. The van der Waals surface area contributed by atoms with E-state index in [0.717, 1.165) is 5.69 Å². The third-order valence-corrected chi connectivity index (χ3v) is 2.19. The van der Waals surface area contributed by atoms with Crippen molar-refractivity contribution >= 4 is 5.97 Å². The Labute approximate surface area is 97.1 Å². The van der Waals surface area contributed by atoms with Crippen LogP contribution in [-0.2, 0) is 11.3 Å². The van der Waals surface area contributed by atoms with Crippen LogP contribution in [0.1, 0.15) is 12.1 Å². The predicted molar refractivity (Wildman–Crippen MR) is 58.0 cm³/mol. The quantitative estimate of drug-likeness (QED) is 0.827. The van der Waals surface area contributed by atoms with E-state index >= 15 is 0 Å². The number of carbonyl (C=O) groups is 1. The van der Waals surface area contributed by atoms with Crippen molar-refractivity contribution in [3.8, 4) is 11.5 Å². The van der Waals surface area contributed by atoms with Gasteiger partial charge in [0.2, 0.25) is 5.82 Å². The Morgan fingerprint density at radius 1 is 1.47 bits per heavy atom. The first kappa shape index (κ1) is 11.2. The number of aromatic nitrogens is 5. The van der Waals surface area contributed by atoms with Gasteiger partial charge in [0.05, 0.1) is 13.0 Å². The summed E-state index contributed by atoms with van der Waals surface area (Å²) >= 11 is 0. The zero-order valence-electron chi connectivity index (χ0n) is 9.24. The SMILES string of the molecule is Cc1cccc(-c2nnnn2CCC(=O)O)n1. The molecule has 0 saturated heterocycles. The molecule has 0 aliphatic heterocycles. The molecule has 0 saturated carbocycles. The molecule has 2 heterocycles. The summed E-state index contributed by atoms with van der Waals surface area (Å²) in [5.41, 5.74) is 1.50. The van der Waals surface area contributed by atoms with Gasteiger partial charge in [-0.15, -0.1) is 5.10 Å². The molecule has 0 atom stereocenters. The zero-order valence-corrected chi connectivity index (χ0v) is 9.24. The van der Waals surface area contributed by atoms with E-state index in [1.807, 2.05) is 19.1 Å². The van der Waals surface area contributed by atoms with E-state index in [0.29, 0.717) is 11.5 Å². The molecule has 17 heavy (non-hydrogen) atoms. The van der Waals surface area contributed by atoms with Gasteiger partial charge in [-0.1, -0.05) is 6.07 Å². The number of hydrogen-bond acceptors (Lipinski definition) is 5. The zero-order chi connectivity index (χ0) is 12.3. The van der Waals surface area contributed by atoms with Crippen LogP contribution in [0.15, 0.2) is 18.2 Å². The maximum Gasteiger partial charge on any atom is 0.305 e. The Hall–Kier alpha value is -2.31. The van der Waals surface area contributed by atoms with Gasteiger partial charge in [-0.05, 0) is 29.5 Å². The van der Waals surface area contributed by atoms with Crippen molar-refractivity contribution in [3.63, 3.8) is 0 Å². The topological polar surface area (TPSA) is 93.8 Å². The Bertz CT molecular complexity index is 537. The molecule has 88 valence electrons. The minimum Gasteiger partial charge on any atom is -0.481 e. The van der Waals surface area contributed by atoms with Gasteiger partial charge in [-0.25, -0.2) is 9.67 Å². The number of aryl methyl sites for hydroxylation is 2. The molecule has 0 spiro atoms. The number of aliphatic carboxylic acids is 1. The number of carboxylic acids is 1. The van der Waals surface area contributed by atoms with Gasteiger partial charge in [0.25, 0.3) is 0 Å². The Kier molecular flexibility index (Phi) is 3.08. The van der Waals surface area contributed by atoms with Crippen molar-refractivity contribution in [2.24, 2.45) is 0 Å². The first-order valence-electron chi connectivity index (χ1n) is 5.09. The summed E-state index contributed by atoms with van der Waals surface area (Å²) in [6.07, 6.45) is -0.0240. The number of nitrogens with zero attached hydrogens (tertiary/aromatic N) is 5. The summed E-state index contributed by atoms with van der Waals surface area (Å²) < 4.78 is 1.44. The number of pyridine rings is 1. The fraction of sp³-hybridized carbons (Fsp3) is 0.300. The molecule has 2 aromatic heterocycles. The van der Waals surface area contributed by atoms with Gasteiger partial charge in [0.15, 0.2) is 0 Å². The van der Waals surface area contributed by atoms with Crippen LogP contribution < -0.4 is 0 Å². The van der Waals surface area contributed by atoms with Crippen molar-refractivity contribution in [2.45, 2.75) is 19.9 Å². The summed E-state index contributed by atoms with van der Waals surface area (Å²) in [6.45, 7) is 2.10. The molecule has 0 aromatic carbocycles. The van der Waals surface area contributed by atoms with Crippen LogP contribution >= 0.6 is 0 Å². The van der Waals surface area contributed by atoms with Crippen molar-refractivity contribution in [1.29, 1.82) is 0 Å². The second kappa shape index (κ2) is 4.69. The van der Waals surface area contributed by atoms with Gasteiger partial charge in [-0.3, -0.25) is 4.79 Å². The highest BCUT2D eigenvalue weighted by Crippen LogP contribution is 2.13. The van der Waals surface area contributed by atoms with Crippen LogP contribution in [0, 0.1) is 6.92 Å². The molecular weight excluding hydrogens is 222 g/mol. The smallest absolute Gasteiger partial charge is 0.305 e. The maximum absolute atomic E-state index is 10.5. The van der Waals surface area contributed by atoms with Crippen molar-refractivity contribution in [2.75, 3.05) is 0 Å². The lowest BCUT2D eigenvalue weighted by Gasteiger charge is -2.02. The van der Waals surface area contributed by atoms with Crippen LogP contribution in [0.3, 0.4) is 0 Å². The second-order valence-corrected chi connectivity index (χ2v) is 3.53. The second-order valence-electron chi connectivity index (χ2n) is 3.53. The fourth-order valence-electron chi connectivity index (χ4n) is 1.41. The van der Waals surface area contributed by atoms with Crippen molar-refractivity contribution in [3.05, 3.63) is 23.9 Å². The summed E-state index contributed by atoms with van der Waals surface area (Å²) in [6, 6.07) is 5.51. The van der Waals surface area contributed by atoms with E-state index in [1.54, 1.807) is 6.07 Å². The van der Waals surface area contributed by atoms with Gasteiger partial charge >= 0.3 is 5.97 Å². The molecule has 0 radical (unpaired) electrons. The molecule has 0 unspecified atom stereocenters. The van der Waals surface area contributed by atoms with Crippen molar-refractivity contribution in [1.82, 2.24) is 25.2 Å². The van der Waals surface area contributed by atoms with Crippen molar-refractivity contribution < 1.29 is 9.90 Å². The summed E-state index contributed by atoms with van der Waals surface area (Å²) in [7, 11) is 0. The predicted octanol–water partition coefficient (Wildman–Crippen LogP) is 0.518. The molecular formula is C10H11N5O2. The van der Waals surface area contributed by atoms with E-state index in [2.05, 4.69) is 20.5 Å². The molecule has 0 bridgehead atoms. The Balaban J connectivity index is 2.27. The first-order chi connectivity index (χ1) is 8.16. The monoisotopic (exact) mass is 233 g/mol. The van der Waals surface area contributed by atoms with Crippen LogP contribution in [0.4, 0.5) is 0 Å². The van der Waals surface area contributed by atoms with Gasteiger partial charge < -0.3 is 5.11 Å². The first-order valence-corrected chi connectivity index (χ1v) is 5.09. The number of hydrogen-bond donors (Lipinski definition) is 1. The fourth-order valence-corrected chi connectivity index (χ4v) is 1.41. The highest BCUT2D eigenvalue weighted by atomic mass is 16.4. The molecule has 1 N–H and O–H groups in total. The van der Waals surface area contributed by atoms with E-state index in [-0.39, 0.29) is 13.0 Å². The van der Waals surface area contributed by atoms with E-state index < -0.39 is 5.97 Å². The summed E-state index contributed by atoms with van der Waals surface area (Å²) in [4.78, 5) is 14.8. The lowest BCUT2D eigenvalue weighted by Crippen LogP contribution is -2.08. The molecule has 2 aromatic rings. The van der Waals surface area contributed by atoms with Gasteiger partial charge in [-0.2, -0.15) is 0 Å². The molecule has 2 rings (SSSR count). The molecule has 0 fully saturated rings. The van der Waals surface area contributed by atoms with Crippen LogP contribution in [0.5, 0.6) is 0 Å². The lowest BCUT2D eigenvalue weighted by atomic mass is 10.3. The van der Waals surface area contributed by atoms with E-state index in [9.17, 15) is 4.79 Å². The third-order valence-electron chi connectivity index (χ3n) is 2.19. The number of rotatable bonds is 4. The summed E-state index contributed by atoms with van der Waals surface area (Å²) in [5.74, 6) is -0.404. The molecule has 7 nitrogen and oxygen atoms in total. The third kappa shape index (κ3) is 2.63. The average Bonchev–Trinajstić information content (AvgIpc) is 2.74. The standard InChI is InChI=1S/C10H11N5O2/c1-7-3-2-4-8(11-7)10-12-13-14-15(10)6-5-9(16)17/h2-4H,5-6H2,1H3,(H,16,17). The van der Waals surface area contributed by atoms with Gasteiger partial charge in [0.1, 0.15) is 5.69 Å². The average molecular weight is 233 g/mol. The van der Waals surface area contributed by atoms with Gasteiger partial charge in [0, 0.05) is 5.69 Å². The largest absolute Gasteiger partial charge is 0.481 e. The van der Waals surface area contributed by atoms with Crippen LogP contribution in [0.2, 0.25) is 0 Å². The highest BCUT2D eigenvalue weighted by molar-refractivity contribution is 5.66. The van der Waals surface area contributed by atoms with E-state index in [4.69, 9.17) is 5.11 Å². The molecule has 0 aliphatic rings. The lowest BCUT2D eigenvalue weighted by molar-refractivity contribution is -0.137. The molecule has 0 amide bonds. The number of tetrazole rings is 1. The Morgan fingerprint density at radius 2 is 2.29 bits per heavy atom.